The molecule has 0 bridgehead atoms. The summed E-state index contributed by atoms with van der Waals surface area (Å²) in [4.78, 5) is 27.9. The largest absolute Gasteiger partial charge is 0.506 e. The maximum atomic E-state index is 12.6. The molecule has 0 aliphatic rings. The molecule has 0 fully saturated rings. The summed E-state index contributed by atoms with van der Waals surface area (Å²) in [6, 6.07) is 14.7. The van der Waals surface area contributed by atoms with Gasteiger partial charge in [0.05, 0.1) is 18.0 Å². The predicted octanol–water partition coefficient (Wildman–Crippen LogP) is 3.63. The van der Waals surface area contributed by atoms with Crippen molar-refractivity contribution in [1.29, 1.82) is 0 Å². The van der Waals surface area contributed by atoms with E-state index in [-0.39, 0.29) is 17.3 Å². The maximum absolute atomic E-state index is 12.6. The molecule has 1 atom stereocenters. The molecular weight excluding hydrogens is 408 g/mol. The van der Waals surface area contributed by atoms with Gasteiger partial charge in [0.2, 0.25) is 11.8 Å². The monoisotopic (exact) mass is 430 g/mol. The van der Waals surface area contributed by atoms with E-state index in [0.29, 0.717) is 17.9 Å². The minimum absolute atomic E-state index is 0.137. The summed E-state index contributed by atoms with van der Waals surface area (Å²) in [5.41, 5.74) is 8.55. The van der Waals surface area contributed by atoms with Crippen LogP contribution in [0.5, 0.6) is 5.75 Å². The second-order valence-electron chi connectivity index (χ2n) is 7.23. The van der Waals surface area contributed by atoms with Crippen molar-refractivity contribution in [1.82, 2.24) is 4.98 Å². The van der Waals surface area contributed by atoms with Gasteiger partial charge < -0.3 is 30.9 Å². The molecule has 0 radical (unpaired) electrons. The summed E-state index contributed by atoms with van der Waals surface area (Å²) in [6.45, 7) is 0. The minimum Gasteiger partial charge on any atom is -0.506 e. The molecule has 2 amide bonds. The van der Waals surface area contributed by atoms with Crippen molar-refractivity contribution in [2.24, 2.45) is 5.73 Å². The van der Waals surface area contributed by atoms with E-state index in [9.17, 15) is 14.7 Å². The topological polar surface area (TPSA) is 133 Å². The molecule has 4 aromatic rings. The van der Waals surface area contributed by atoms with Crippen molar-refractivity contribution >= 4 is 40.2 Å². The van der Waals surface area contributed by atoms with Crippen LogP contribution in [0.1, 0.15) is 11.3 Å². The van der Waals surface area contributed by atoms with Gasteiger partial charge in [-0.05, 0) is 54.5 Å². The van der Waals surface area contributed by atoms with Crippen LogP contribution in [0.3, 0.4) is 0 Å². The van der Waals surface area contributed by atoms with Crippen LogP contribution in [0.2, 0.25) is 0 Å². The Morgan fingerprint density at radius 2 is 1.97 bits per heavy atom. The number of rotatable bonds is 7. The number of furan rings is 1. The Balaban J connectivity index is 1.40. The first-order chi connectivity index (χ1) is 15.5. The second kappa shape index (κ2) is 9.23. The van der Waals surface area contributed by atoms with Crippen molar-refractivity contribution < 1.29 is 19.1 Å². The Bertz CT molecular complexity index is 1270. The normalized spacial score (nSPS) is 12.2. The van der Waals surface area contributed by atoms with Gasteiger partial charge in [-0.3, -0.25) is 9.59 Å². The average molecular weight is 430 g/mol. The number of carbonyl (C=O) groups is 2. The number of nitrogens with one attached hydrogen (secondary N) is 3. The Morgan fingerprint density at radius 3 is 2.78 bits per heavy atom. The van der Waals surface area contributed by atoms with Gasteiger partial charge in [0, 0.05) is 28.9 Å². The van der Waals surface area contributed by atoms with Gasteiger partial charge in [-0.15, -0.1) is 0 Å². The number of nitrogens with two attached hydrogens (primary N) is 1. The molecule has 2 heterocycles. The zero-order chi connectivity index (χ0) is 22.5. The number of amides is 2. The number of fused-ring (bicyclic) bond motifs is 1. The summed E-state index contributed by atoms with van der Waals surface area (Å²) >= 11 is 0. The van der Waals surface area contributed by atoms with Crippen molar-refractivity contribution in [3.8, 4) is 5.75 Å². The molecule has 2 aromatic carbocycles. The number of aromatic hydroxyl groups is 1. The molecule has 0 unspecified atom stereocenters. The van der Waals surface area contributed by atoms with Crippen LogP contribution < -0.4 is 16.4 Å². The predicted molar refractivity (Wildman–Crippen MR) is 123 cm³/mol. The highest BCUT2D eigenvalue weighted by Crippen LogP contribution is 2.27. The minimum atomic E-state index is -0.830. The van der Waals surface area contributed by atoms with Gasteiger partial charge in [-0.1, -0.05) is 18.2 Å². The van der Waals surface area contributed by atoms with Crippen molar-refractivity contribution in [3.63, 3.8) is 0 Å². The summed E-state index contributed by atoms with van der Waals surface area (Å²) in [5, 5.41) is 16.4. The number of phenolic OH excluding ortho intramolecular Hbond substituents is 1. The van der Waals surface area contributed by atoms with E-state index >= 15 is 0 Å². The number of aromatic nitrogens is 1. The van der Waals surface area contributed by atoms with E-state index in [0.717, 1.165) is 16.5 Å². The van der Waals surface area contributed by atoms with Crippen LogP contribution in [0.25, 0.3) is 17.0 Å². The van der Waals surface area contributed by atoms with E-state index < -0.39 is 11.9 Å². The van der Waals surface area contributed by atoms with Crippen LogP contribution in [-0.4, -0.2) is 27.9 Å². The number of aromatic amines is 1. The van der Waals surface area contributed by atoms with Crippen LogP contribution in [-0.2, 0) is 16.0 Å². The SMILES string of the molecule is N[C@@H](Cc1c[nH]c2ccccc12)C(=O)Nc1cc(NC(=O)/C=C/c2ccco2)ccc1O. The standard InChI is InChI=1S/C24H22N4O4/c25-19(12-15-14-26-20-6-2-1-5-18(15)20)24(31)28-21-13-16(7-9-22(21)29)27-23(30)10-8-17-4-3-11-32-17/h1-11,13-14,19,26,29H,12,25H2,(H,27,30)(H,28,31)/b10-8+/t19-/m0/s1. The molecule has 0 saturated carbocycles. The highest BCUT2D eigenvalue weighted by atomic mass is 16.3. The first kappa shape index (κ1) is 21.0. The fraction of sp³-hybridized carbons (Fsp3) is 0.0833. The van der Waals surface area contributed by atoms with Gasteiger partial charge in [0.15, 0.2) is 0 Å². The van der Waals surface area contributed by atoms with E-state index in [4.69, 9.17) is 10.2 Å². The van der Waals surface area contributed by atoms with Crippen LogP contribution >= 0.6 is 0 Å². The number of carbonyl (C=O) groups excluding carboxylic acids is 2. The molecule has 0 spiro atoms. The summed E-state index contributed by atoms with van der Waals surface area (Å²) in [5.74, 6) is -0.433. The zero-order valence-electron chi connectivity index (χ0n) is 17.0. The third-order valence-corrected chi connectivity index (χ3v) is 4.92. The lowest BCUT2D eigenvalue weighted by Crippen LogP contribution is -2.37. The van der Waals surface area contributed by atoms with E-state index in [1.54, 1.807) is 12.1 Å². The lowest BCUT2D eigenvalue weighted by Gasteiger charge is -2.14. The number of H-pyrrole nitrogens is 1. The molecule has 0 aliphatic carbocycles. The lowest BCUT2D eigenvalue weighted by atomic mass is 10.0. The third kappa shape index (κ3) is 4.88. The lowest BCUT2D eigenvalue weighted by molar-refractivity contribution is -0.117. The summed E-state index contributed by atoms with van der Waals surface area (Å²) in [6.07, 6.45) is 6.52. The molecule has 8 heteroatoms. The van der Waals surface area contributed by atoms with E-state index in [1.165, 1.54) is 36.6 Å². The molecule has 0 aliphatic heterocycles. The molecule has 6 N–H and O–H groups in total. The molecular formula is C24H22N4O4. The molecule has 8 nitrogen and oxygen atoms in total. The molecule has 0 saturated heterocycles. The van der Waals surface area contributed by atoms with Gasteiger partial charge in [-0.2, -0.15) is 0 Å². The van der Waals surface area contributed by atoms with Gasteiger partial charge in [-0.25, -0.2) is 0 Å². The number of hydrogen-bond donors (Lipinski definition) is 5. The molecule has 2 aromatic heterocycles. The number of anilines is 2. The van der Waals surface area contributed by atoms with Crippen molar-refractivity contribution in [2.75, 3.05) is 10.6 Å². The molecule has 32 heavy (non-hydrogen) atoms. The zero-order valence-corrected chi connectivity index (χ0v) is 17.0. The Labute approximate surface area is 183 Å². The first-order valence-corrected chi connectivity index (χ1v) is 9.96. The van der Waals surface area contributed by atoms with Crippen LogP contribution in [0.4, 0.5) is 11.4 Å². The van der Waals surface area contributed by atoms with E-state index in [1.807, 2.05) is 30.5 Å². The smallest absolute Gasteiger partial charge is 0.248 e. The Morgan fingerprint density at radius 1 is 1.12 bits per heavy atom. The van der Waals surface area contributed by atoms with Crippen LogP contribution in [0.15, 0.2) is 77.6 Å². The fourth-order valence-electron chi connectivity index (χ4n) is 3.30. The number of benzene rings is 2. The Hall–Kier alpha value is -4.30. The van der Waals surface area contributed by atoms with Gasteiger partial charge in [0.25, 0.3) is 0 Å². The molecule has 4 rings (SSSR count). The Kier molecular flexibility index (Phi) is 6.05. The van der Waals surface area contributed by atoms with Gasteiger partial charge in [0.1, 0.15) is 11.5 Å². The third-order valence-electron chi connectivity index (χ3n) is 4.92. The number of hydrogen-bond acceptors (Lipinski definition) is 5. The quantitative estimate of drug-likeness (QED) is 0.173. The maximum Gasteiger partial charge on any atom is 0.248 e. The van der Waals surface area contributed by atoms with Gasteiger partial charge >= 0.3 is 0 Å². The average Bonchev–Trinajstić information content (AvgIpc) is 3.45. The highest BCUT2D eigenvalue weighted by Gasteiger charge is 2.18. The second-order valence-corrected chi connectivity index (χ2v) is 7.23. The highest BCUT2D eigenvalue weighted by molar-refractivity contribution is 6.03. The number of para-hydroxylation sites is 1. The van der Waals surface area contributed by atoms with E-state index in [2.05, 4.69) is 15.6 Å². The summed E-state index contributed by atoms with van der Waals surface area (Å²) in [7, 11) is 0. The van der Waals surface area contributed by atoms with Crippen molar-refractivity contribution in [2.45, 2.75) is 12.5 Å². The number of phenols is 1. The molecule has 162 valence electrons. The first-order valence-electron chi connectivity index (χ1n) is 9.96. The van der Waals surface area contributed by atoms with Crippen molar-refractivity contribution in [3.05, 3.63) is 84.5 Å². The van der Waals surface area contributed by atoms with Crippen LogP contribution in [0, 0.1) is 0 Å². The summed E-state index contributed by atoms with van der Waals surface area (Å²) < 4.78 is 5.13. The fourth-order valence-corrected chi connectivity index (χ4v) is 3.30.